The molecule has 1 aliphatic heterocycles. The lowest BCUT2D eigenvalue weighted by Crippen LogP contribution is -2.30. The molecule has 1 aromatic carbocycles. The van der Waals surface area contributed by atoms with Gasteiger partial charge in [-0.2, -0.15) is 0 Å². The van der Waals surface area contributed by atoms with E-state index in [0.29, 0.717) is 6.54 Å². The van der Waals surface area contributed by atoms with E-state index in [0.717, 1.165) is 25.2 Å². The molecule has 21 heavy (non-hydrogen) atoms. The number of hydrogen-bond acceptors (Lipinski definition) is 5. The van der Waals surface area contributed by atoms with Crippen LogP contribution in [-0.4, -0.2) is 37.1 Å². The van der Waals surface area contributed by atoms with Gasteiger partial charge < -0.3 is 10.6 Å². The van der Waals surface area contributed by atoms with Gasteiger partial charge in [0.25, 0.3) is 0 Å². The van der Waals surface area contributed by atoms with Crippen molar-refractivity contribution in [1.82, 2.24) is 9.88 Å². The number of nitrogens with two attached hydrogens (primary N) is 1. The molecule has 0 radical (unpaired) electrons. The highest BCUT2D eigenvalue weighted by Gasteiger charge is 2.21. The highest BCUT2D eigenvalue weighted by atomic mass is 32.1. The van der Waals surface area contributed by atoms with Crippen LogP contribution in [0.5, 0.6) is 0 Å². The van der Waals surface area contributed by atoms with Crippen LogP contribution in [0.3, 0.4) is 0 Å². The highest BCUT2D eigenvalue weighted by molar-refractivity contribution is 7.07. The minimum atomic E-state index is 0.239. The van der Waals surface area contributed by atoms with Crippen molar-refractivity contribution in [2.45, 2.75) is 19.0 Å². The quantitative estimate of drug-likeness (QED) is 0.920. The van der Waals surface area contributed by atoms with Crippen molar-refractivity contribution in [1.29, 1.82) is 0 Å². The summed E-state index contributed by atoms with van der Waals surface area (Å²) in [6, 6.07) is 7.02. The van der Waals surface area contributed by atoms with Crippen LogP contribution in [0, 0.1) is 0 Å². The first-order chi connectivity index (χ1) is 10.2. The van der Waals surface area contributed by atoms with Gasteiger partial charge in [0.05, 0.1) is 11.2 Å². The third kappa shape index (κ3) is 2.95. The molecule has 0 saturated carbocycles. The Bertz CT molecular complexity index is 596. The zero-order chi connectivity index (χ0) is 14.8. The van der Waals surface area contributed by atoms with Gasteiger partial charge in [0, 0.05) is 43.8 Å². The van der Waals surface area contributed by atoms with Crippen LogP contribution in [-0.2, 0) is 13.0 Å². The van der Waals surface area contributed by atoms with Crippen LogP contribution in [0.15, 0.2) is 29.1 Å². The van der Waals surface area contributed by atoms with Crippen molar-refractivity contribution in [2.75, 3.05) is 32.1 Å². The lowest BCUT2D eigenvalue weighted by atomic mass is 10.0. The molecule has 1 atom stereocenters. The summed E-state index contributed by atoms with van der Waals surface area (Å²) in [5, 5.41) is 2.10. The number of rotatable bonds is 5. The largest absolute Gasteiger partial charge is 0.374 e. The van der Waals surface area contributed by atoms with E-state index in [1.54, 1.807) is 11.3 Å². The minimum absolute atomic E-state index is 0.239. The topological polar surface area (TPSA) is 45.4 Å². The minimum Gasteiger partial charge on any atom is -0.374 e. The standard InChI is InChI=1S/C16H22N4S/c1-19-6-5-13-7-12(3-4-15(13)19)16(8-17)20(2)9-14-10-21-11-18-14/h3-4,7,10-11,16H,5-6,8-9,17H2,1-2H3. The van der Waals surface area contributed by atoms with E-state index in [1.807, 2.05) is 5.51 Å². The fourth-order valence-corrected chi connectivity index (χ4v) is 3.60. The van der Waals surface area contributed by atoms with Crippen molar-refractivity contribution in [2.24, 2.45) is 5.73 Å². The first kappa shape index (κ1) is 14.5. The van der Waals surface area contributed by atoms with Crippen molar-refractivity contribution >= 4 is 17.0 Å². The number of thiazole rings is 1. The number of benzene rings is 1. The molecule has 1 aliphatic rings. The van der Waals surface area contributed by atoms with E-state index in [1.165, 1.54) is 16.8 Å². The number of likely N-dealkylation sites (N-methyl/N-ethyl adjacent to an activating group) is 2. The highest BCUT2D eigenvalue weighted by Crippen LogP contribution is 2.30. The molecular formula is C16H22N4S. The van der Waals surface area contributed by atoms with Gasteiger partial charge in [-0.25, -0.2) is 4.98 Å². The van der Waals surface area contributed by atoms with E-state index in [-0.39, 0.29) is 6.04 Å². The Morgan fingerprint density at radius 3 is 3.05 bits per heavy atom. The van der Waals surface area contributed by atoms with E-state index in [2.05, 4.69) is 52.5 Å². The molecule has 1 unspecified atom stereocenters. The second-order valence-corrected chi connectivity index (χ2v) is 6.42. The number of fused-ring (bicyclic) bond motifs is 1. The maximum Gasteiger partial charge on any atom is 0.0795 e. The Balaban J connectivity index is 1.80. The zero-order valence-corrected chi connectivity index (χ0v) is 13.4. The Morgan fingerprint density at radius 1 is 1.48 bits per heavy atom. The predicted octanol–water partition coefficient (Wildman–Crippen LogP) is 2.27. The predicted molar refractivity (Wildman–Crippen MR) is 88.8 cm³/mol. The second-order valence-electron chi connectivity index (χ2n) is 5.71. The van der Waals surface area contributed by atoms with E-state index < -0.39 is 0 Å². The van der Waals surface area contributed by atoms with Crippen LogP contribution in [0.4, 0.5) is 5.69 Å². The fourth-order valence-electron chi connectivity index (χ4n) is 3.05. The van der Waals surface area contributed by atoms with Crippen LogP contribution in [0.1, 0.15) is 22.9 Å². The Labute approximate surface area is 130 Å². The molecule has 0 saturated heterocycles. The Morgan fingerprint density at radius 2 is 2.33 bits per heavy atom. The molecule has 0 aliphatic carbocycles. The lowest BCUT2D eigenvalue weighted by molar-refractivity contribution is 0.239. The molecule has 2 aromatic rings. The maximum atomic E-state index is 6.04. The summed E-state index contributed by atoms with van der Waals surface area (Å²) in [6.45, 7) is 2.57. The second kappa shape index (κ2) is 6.13. The monoisotopic (exact) mass is 302 g/mol. The number of hydrogen-bond donors (Lipinski definition) is 1. The molecule has 0 fully saturated rings. The Hall–Kier alpha value is -1.43. The summed E-state index contributed by atoms with van der Waals surface area (Å²) in [4.78, 5) is 8.97. The van der Waals surface area contributed by atoms with Gasteiger partial charge in [-0.05, 0) is 30.7 Å². The normalized spacial score (nSPS) is 15.5. The van der Waals surface area contributed by atoms with Gasteiger partial charge in [-0.3, -0.25) is 4.90 Å². The van der Waals surface area contributed by atoms with Crippen molar-refractivity contribution in [3.8, 4) is 0 Å². The molecule has 0 amide bonds. The number of nitrogens with zero attached hydrogens (tertiary/aromatic N) is 3. The van der Waals surface area contributed by atoms with Gasteiger partial charge in [0.15, 0.2) is 0 Å². The van der Waals surface area contributed by atoms with Crippen LogP contribution >= 0.6 is 11.3 Å². The number of aromatic nitrogens is 1. The van der Waals surface area contributed by atoms with Crippen molar-refractivity contribution in [3.05, 3.63) is 45.9 Å². The van der Waals surface area contributed by atoms with Gasteiger partial charge in [0.1, 0.15) is 0 Å². The average Bonchev–Trinajstić information content (AvgIpc) is 3.10. The molecule has 112 valence electrons. The SMILES string of the molecule is CN1CCc2cc(C(CN)N(C)Cc3cscn3)ccc21. The van der Waals surface area contributed by atoms with E-state index in [4.69, 9.17) is 5.73 Å². The fraction of sp³-hybridized carbons (Fsp3) is 0.438. The first-order valence-electron chi connectivity index (χ1n) is 7.30. The summed E-state index contributed by atoms with van der Waals surface area (Å²) in [6.07, 6.45) is 1.13. The molecule has 0 spiro atoms. The molecule has 5 heteroatoms. The van der Waals surface area contributed by atoms with Crippen LogP contribution < -0.4 is 10.6 Å². The van der Waals surface area contributed by atoms with Crippen molar-refractivity contribution in [3.63, 3.8) is 0 Å². The average molecular weight is 302 g/mol. The smallest absolute Gasteiger partial charge is 0.0795 e. The van der Waals surface area contributed by atoms with Crippen LogP contribution in [0.25, 0.3) is 0 Å². The molecule has 4 nitrogen and oxygen atoms in total. The van der Waals surface area contributed by atoms with Gasteiger partial charge in [-0.15, -0.1) is 11.3 Å². The summed E-state index contributed by atoms with van der Waals surface area (Å²) < 4.78 is 0. The summed E-state index contributed by atoms with van der Waals surface area (Å²) in [7, 11) is 4.27. The lowest BCUT2D eigenvalue weighted by Gasteiger charge is -2.27. The number of anilines is 1. The molecule has 1 aromatic heterocycles. The van der Waals surface area contributed by atoms with E-state index in [9.17, 15) is 0 Å². The van der Waals surface area contributed by atoms with Gasteiger partial charge in [-0.1, -0.05) is 12.1 Å². The molecule has 2 N–H and O–H groups in total. The molecule has 0 bridgehead atoms. The first-order valence-corrected chi connectivity index (χ1v) is 8.24. The van der Waals surface area contributed by atoms with Crippen molar-refractivity contribution < 1.29 is 0 Å². The molecule has 3 rings (SSSR count). The summed E-state index contributed by atoms with van der Waals surface area (Å²) in [5.41, 5.74) is 13.1. The van der Waals surface area contributed by atoms with E-state index >= 15 is 0 Å². The van der Waals surface area contributed by atoms with Crippen LogP contribution in [0.2, 0.25) is 0 Å². The van der Waals surface area contributed by atoms with Gasteiger partial charge >= 0.3 is 0 Å². The zero-order valence-electron chi connectivity index (χ0n) is 12.6. The third-order valence-electron chi connectivity index (χ3n) is 4.27. The summed E-state index contributed by atoms with van der Waals surface area (Å²) >= 11 is 1.64. The third-order valence-corrected chi connectivity index (χ3v) is 4.90. The van der Waals surface area contributed by atoms with Gasteiger partial charge in [0.2, 0.25) is 0 Å². The molecule has 2 heterocycles. The summed E-state index contributed by atoms with van der Waals surface area (Å²) in [5.74, 6) is 0. The Kier molecular flexibility index (Phi) is 4.24. The maximum absolute atomic E-state index is 6.04. The molecular weight excluding hydrogens is 280 g/mol.